The van der Waals surface area contributed by atoms with E-state index >= 15 is 0 Å². The largest absolute Gasteiger partial charge is 0.481 e. The Morgan fingerprint density at radius 2 is 1.86 bits per heavy atom. The van der Waals surface area contributed by atoms with Gasteiger partial charge in [-0.1, -0.05) is 24.3 Å². The first-order chi connectivity index (χ1) is 14.0. The van der Waals surface area contributed by atoms with Crippen molar-refractivity contribution in [1.29, 1.82) is 0 Å². The van der Waals surface area contributed by atoms with Crippen molar-refractivity contribution in [3.8, 4) is 16.9 Å². The number of hydrogen-bond acceptors (Lipinski definition) is 3. The Hall–Kier alpha value is -3.74. The number of amides is 1. The Labute approximate surface area is 165 Å². The first kappa shape index (κ1) is 18.6. The highest BCUT2D eigenvalue weighted by Gasteiger charge is 2.18. The molecule has 5 nitrogen and oxygen atoms in total. The lowest BCUT2D eigenvalue weighted by Crippen LogP contribution is -2.30. The fourth-order valence-electron chi connectivity index (χ4n) is 2.98. The lowest BCUT2D eigenvalue weighted by molar-refractivity contribution is -0.122. The van der Waals surface area contributed by atoms with Crippen LogP contribution in [0.1, 0.15) is 6.92 Å². The summed E-state index contributed by atoms with van der Waals surface area (Å²) in [5, 5.41) is 10.3. The fourth-order valence-corrected chi connectivity index (χ4v) is 2.98. The number of benzene rings is 3. The molecule has 0 saturated carbocycles. The summed E-state index contributed by atoms with van der Waals surface area (Å²) in [4.78, 5) is 12.4. The molecule has 4 rings (SSSR count). The van der Waals surface area contributed by atoms with Gasteiger partial charge in [0, 0.05) is 10.9 Å². The topological polar surface area (TPSA) is 67.0 Å². The van der Waals surface area contributed by atoms with Gasteiger partial charge in [0.2, 0.25) is 0 Å². The van der Waals surface area contributed by atoms with Gasteiger partial charge < -0.3 is 10.1 Å². The van der Waals surface area contributed by atoms with E-state index in [1.807, 2.05) is 18.2 Å². The van der Waals surface area contributed by atoms with Crippen LogP contribution in [-0.4, -0.2) is 22.2 Å². The minimum absolute atomic E-state index is 0.150. The van der Waals surface area contributed by atoms with Crippen LogP contribution < -0.4 is 10.1 Å². The third-order valence-electron chi connectivity index (χ3n) is 4.47. The van der Waals surface area contributed by atoms with Gasteiger partial charge in [0.15, 0.2) is 11.9 Å². The van der Waals surface area contributed by atoms with E-state index < -0.39 is 17.7 Å². The predicted molar refractivity (Wildman–Crippen MR) is 107 cm³/mol. The highest BCUT2D eigenvalue weighted by atomic mass is 19.1. The van der Waals surface area contributed by atoms with E-state index in [0.29, 0.717) is 28.0 Å². The maximum atomic E-state index is 14.0. The molecule has 7 heteroatoms. The van der Waals surface area contributed by atoms with Crippen LogP contribution in [0.2, 0.25) is 0 Å². The summed E-state index contributed by atoms with van der Waals surface area (Å²) in [5.41, 5.74) is 1.23. The normalized spacial score (nSPS) is 12.0. The van der Waals surface area contributed by atoms with Crippen LogP contribution in [0.5, 0.6) is 5.75 Å². The second-order valence-corrected chi connectivity index (χ2v) is 6.52. The van der Waals surface area contributed by atoms with Gasteiger partial charge in [0.25, 0.3) is 5.91 Å². The third kappa shape index (κ3) is 3.94. The first-order valence-corrected chi connectivity index (χ1v) is 8.97. The molecular formula is C22H17F2N3O2. The minimum atomic E-state index is -0.732. The number of aromatic nitrogens is 2. The lowest BCUT2D eigenvalue weighted by atomic mass is 10.0. The minimum Gasteiger partial charge on any atom is -0.481 e. The van der Waals surface area contributed by atoms with Crippen molar-refractivity contribution in [2.75, 3.05) is 5.32 Å². The summed E-state index contributed by atoms with van der Waals surface area (Å²) in [6.07, 6.45) is -0.732. The van der Waals surface area contributed by atoms with Crippen LogP contribution in [0.3, 0.4) is 0 Å². The quantitative estimate of drug-likeness (QED) is 0.506. The van der Waals surface area contributed by atoms with E-state index in [0.717, 1.165) is 18.2 Å². The number of aromatic amines is 1. The smallest absolute Gasteiger partial charge is 0.266 e. The van der Waals surface area contributed by atoms with Gasteiger partial charge in [-0.25, -0.2) is 8.78 Å². The molecule has 2 N–H and O–H groups in total. The van der Waals surface area contributed by atoms with Crippen molar-refractivity contribution in [3.05, 3.63) is 78.4 Å². The number of para-hydroxylation sites is 1. The Balaban J connectivity index is 1.54. The van der Waals surface area contributed by atoms with Crippen LogP contribution in [0.4, 0.5) is 14.6 Å². The summed E-state index contributed by atoms with van der Waals surface area (Å²) in [6.45, 7) is 1.64. The highest BCUT2D eigenvalue weighted by Crippen LogP contribution is 2.29. The van der Waals surface area contributed by atoms with Crippen LogP contribution >= 0.6 is 0 Å². The number of ether oxygens (including phenoxy) is 1. The second-order valence-electron chi connectivity index (χ2n) is 6.52. The molecule has 0 aliphatic carbocycles. The molecule has 3 aromatic carbocycles. The van der Waals surface area contributed by atoms with Crippen molar-refractivity contribution < 1.29 is 18.3 Å². The Bertz CT molecular complexity index is 1180. The molecule has 0 spiro atoms. The zero-order valence-electron chi connectivity index (χ0n) is 15.4. The molecule has 146 valence electrons. The molecule has 0 saturated heterocycles. The third-order valence-corrected chi connectivity index (χ3v) is 4.47. The number of nitrogens with zero attached hydrogens (tertiary/aromatic N) is 1. The predicted octanol–water partition coefficient (Wildman–Crippen LogP) is 4.91. The van der Waals surface area contributed by atoms with E-state index in [1.165, 1.54) is 0 Å². The number of nitrogens with one attached hydrogen (secondary N) is 2. The van der Waals surface area contributed by atoms with Crippen LogP contribution in [-0.2, 0) is 4.79 Å². The van der Waals surface area contributed by atoms with Crippen molar-refractivity contribution in [3.63, 3.8) is 0 Å². The summed E-state index contributed by atoms with van der Waals surface area (Å²) in [6, 6.07) is 17.3. The average Bonchev–Trinajstić information content (AvgIpc) is 3.12. The summed E-state index contributed by atoms with van der Waals surface area (Å²) in [7, 11) is 0. The van der Waals surface area contributed by atoms with E-state index in [9.17, 15) is 13.6 Å². The molecule has 1 atom stereocenters. The van der Waals surface area contributed by atoms with Crippen LogP contribution in [0.15, 0.2) is 66.7 Å². The highest BCUT2D eigenvalue weighted by molar-refractivity contribution is 6.02. The molecule has 29 heavy (non-hydrogen) atoms. The second kappa shape index (κ2) is 7.71. The zero-order valence-corrected chi connectivity index (χ0v) is 15.4. The molecule has 0 bridgehead atoms. The van der Waals surface area contributed by atoms with Crippen LogP contribution in [0, 0.1) is 11.6 Å². The maximum Gasteiger partial charge on any atom is 0.266 e. The maximum absolute atomic E-state index is 14.0. The average molecular weight is 393 g/mol. The number of carbonyl (C=O) groups excluding carboxylic acids is 1. The Morgan fingerprint density at radius 1 is 1.07 bits per heavy atom. The molecule has 0 fully saturated rings. The molecule has 1 aromatic heterocycles. The number of fused-ring (bicyclic) bond motifs is 1. The van der Waals surface area contributed by atoms with Crippen molar-refractivity contribution in [1.82, 2.24) is 10.2 Å². The number of H-pyrrole nitrogens is 1. The molecule has 4 aromatic rings. The van der Waals surface area contributed by atoms with Crippen LogP contribution in [0.25, 0.3) is 22.0 Å². The van der Waals surface area contributed by atoms with Crippen molar-refractivity contribution in [2.24, 2.45) is 0 Å². The number of rotatable bonds is 5. The first-order valence-electron chi connectivity index (χ1n) is 8.97. The number of carbonyl (C=O) groups is 1. The number of hydrogen-bond donors (Lipinski definition) is 2. The van der Waals surface area contributed by atoms with Gasteiger partial charge in [0.1, 0.15) is 17.4 Å². The molecule has 1 amide bonds. The molecule has 1 heterocycles. The molecule has 1 unspecified atom stereocenters. The summed E-state index contributed by atoms with van der Waals surface area (Å²) >= 11 is 0. The number of anilines is 1. The van der Waals surface area contributed by atoms with E-state index in [-0.39, 0.29) is 11.5 Å². The lowest BCUT2D eigenvalue weighted by Gasteiger charge is -2.13. The fraction of sp³-hybridized carbons (Fsp3) is 0.0909. The standard InChI is InChI=1S/C22H17F2N3O2/c1-13(29-16-5-3-2-4-6-16)22(28)25-21-17-9-7-14(11-20(17)26-27-21)18-12-15(23)8-10-19(18)24/h2-13H,1H3,(H2,25,26,27,28). The monoisotopic (exact) mass is 393 g/mol. The SMILES string of the molecule is CC(Oc1ccccc1)C(=O)Nc1n[nH]c2cc(-c3cc(F)ccc3F)ccc12. The molecular weight excluding hydrogens is 376 g/mol. The van der Waals surface area contributed by atoms with Crippen molar-refractivity contribution in [2.45, 2.75) is 13.0 Å². The van der Waals surface area contributed by atoms with E-state index in [1.54, 1.807) is 37.3 Å². The molecule has 0 radical (unpaired) electrons. The van der Waals surface area contributed by atoms with Gasteiger partial charge in [-0.3, -0.25) is 9.89 Å². The van der Waals surface area contributed by atoms with Gasteiger partial charge in [-0.05, 0) is 55.0 Å². The zero-order chi connectivity index (χ0) is 20.4. The van der Waals surface area contributed by atoms with Gasteiger partial charge in [-0.2, -0.15) is 5.10 Å². The van der Waals surface area contributed by atoms with E-state index in [2.05, 4.69) is 15.5 Å². The molecule has 0 aliphatic heterocycles. The van der Waals surface area contributed by atoms with Gasteiger partial charge in [0.05, 0.1) is 5.52 Å². The van der Waals surface area contributed by atoms with Crippen molar-refractivity contribution >= 4 is 22.6 Å². The molecule has 0 aliphatic rings. The van der Waals surface area contributed by atoms with E-state index in [4.69, 9.17) is 4.74 Å². The van der Waals surface area contributed by atoms with Gasteiger partial charge >= 0.3 is 0 Å². The summed E-state index contributed by atoms with van der Waals surface area (Å²) < 4.78 is 33.1. The Morgan fingerprint density at radius 3 is 2.66 bits per heavy atom. The van der Waals surface area contributed by atoms with Gasteiger partial charge in [-0.15, -0.1) is 0 Å². The Kier molecular flexibility index (Phi) is 4.95. The number of halogens is 2. The summed E-state index contributed by atoms with van der Waals surface area (Å²) in [5.74, 6) is -0.483.